The number of para-hydroxylation sites is 1. The first-order valence-electron chi connectivity index (χ1n) is 6.96. The number of nitrogens with one attached hydrogen (secondary N) is 1. The molecular weight excluding hydrogens is 359 g/mol. The lowest BCUT2D eigenvalue weighted by Gasteiger charge is -2.13. The van der Waals surface area contributed by atoms with Gasteiger partial charge in [0, 0.05) is 11.9 Å². The molecule has 0 heterocycles. The molecule has 0 fully saturated rings. The summed E-state index contributed by atoms with van der Waals surface area (Å²) in [6, 6.07) is 9.94. The van der Waals surface area contributed by atoms with Crippen molar-refractivity contribution in [1.29, 1.82) is 0 Å². The van der Waals surface area contributed by atoms with E-state index in [1.54, 1.807) is 0 Å². The quantitative estimate of drug-likeness (QED) is 0.874. The summed E-state index contributed by atoms with van der Waals surface area (Å²) in [4.78, 5) is 11.9. The second-order valence-corrected chi connectivity index (χ2v) is 7.14. The summed E-state index contributed by atoms with van der Waals surface area (Å²) < 4.78 is 66.1. The van der Waals surface area contributed by atoms with Gasteiger partial charge in [-0.05, 0) is 36.4 Å². The average Bonchev–Trinajstić information content (AvgIpc) is 2.52. The molecule has 0 bridgehead atoms. The smallest absolute Gasteiger partial charge is 0.419 e. The summed E-state index contributed by atoms with van der Waals surface area (Å²) >= 11 is 0. The normalized spacial score (nSPS) is 11.8. The van der Waals surface area contributed by atoms with E-state index in [1.807, 2.05) is 0 Å². The highest BCUT2D eigenvalue weighted by atomic mass is 32.2. The van der Waals surface area contributed by atoms with Gasteiger partial charge in [-0.3, -0.25) is 4.79 Å². The van der Waals surface area contributed by atoms with Gasteiger partial charge >= 0.3 is 6.18 Å². The van der Waals surface area contributed by atoms with Gasteiger partial charge in [-0.2, -0.15) is 13.2 Å². The van der Waals surface area contributed by atoms with E-state index in [4.69, 9.17) is 4.74 Å². The number of ether oxygens (including phenoxy) is 1. The highest BCUT2D eigenvalue weighted by Crippen LogP contribution is 2.35. The second kappa shape index (κ2) is 7.14. The molecule has 0 aliphatic heterocycles. The van der Waals surface area contributed by atoms with E-state index in [-0.39, 0.29) is 4.90 Å². The Bertz CT molecular complexity index is 862. The third-order valence-electron chi connectivity index (χ3n) is 3.12. The predicted octanol–water partition coefficient (Wildman–Crippen LogP) is 3.13. The van der Waals surface area contributed by atoms with Crippen LogP contribution in [-0.4, -0.2) is 27.2 Å². The van der Waals surface area contributed by atoms with E-state index >= 15 is 0 Å². The van der Waals surface area contributed by atoms with Crippen LogP contribution in [0.1, 0.15) is 5.56 Å². The molecule has 0 aliphatic rings. The number of sulfone groups is 1. The summed E-state index contributed by atoms with van der Waals surface area (Å²) in [5.41, 5.74) is -0.676. The molecule has 134 valence electrons. The Morgan fingerprint density at radius 2 is 1.68 bits per heavy atom. The van der Waals surface area contributed by atoms with Crippen LogP contribution >= 0.6 is 0 Å². The maximum Gasteiger partial charge on any atom is 0.419 e. The van der Waals surface area contributed by atoms with Crippen molar-refractivity contribution in [3.63, 3.8) is 0 Å². The molecule has 0 radical (unpaired) electrons. The molecule has 0 spiro atoms. The molecule has 1 amide bonds. The van der Waals surface area contributed by atoms with Crippen molar-refractivity contribution in [3.8, 4) is 5.75 Å². The Balaban J connectivity index is 2.00. The Labute approximate surface area is 142 Å². The molecule has 25 heavy (non-hydrogen) atoms. The van der Waals surface area contributed by atoms with Crippen LogP contribution in [0.3, 0.4) is 0 Å². The van der Waals surface area contributed by atoms with Crippen LogP contribution in [0.4, 0.5) is 18.9 Å². The molecule has 1 N–H and O–H groups in total. The molecule has 0 aliphatic carbocycles. The molecular formula is C16H14F3NO4S. The van der Waals surface area contributed by atoms with Crippen molar-refractivity contribution in [3.05, 3.63) is 54.1 Å². The summed E-state index contributed by atoms with van der Waals surface area (Å²) in [7, 11) is -3.36. The lowest BCUT2D eigenvalue weighted by atomic mass is 10.2. The van der Waals surface area contributed by atoms with Crippen molar-refractivity contribution in [1.82, 2.24) is 0 Å². The number of benzene rings is 2. The molecule has 2 aromatic rings. The number of rotatable bonds is 5. The molecule has 2 aromatic carbocycles. The first-order valence-corrected chi connectivity index (χ1v) is 8.85. The van der Waals surface area contributed by atoms with Gasteiger partial charge in [0.2, 0.25) is 0 Å². The van der Waals surface area contributed by atoms with E-state index in [0.29, 0.717) is 5.69 Å². The Kier molecular flexibility index (Phi) is 5.36. The van der Waals surface area contributed by atoms with Gasteiger partial charge in [-0.15, -0.1) is 0 Å². The molecule has 0 atom stereocenters. The third kappa shape index (κ3) is 5.21. The number of carbonyl (C=O) groups excluding carboxylic acids is 1. The van der Waals surface area contributed by atoms with Crippen molar-refractivity contribution in [2.45, 2.75) is 11.1 Å². The van der Waals surface area contributed by atoms with Crippen LogP contribution in [-0.2, 0) is 20.8 Å². The molecule has 0 saturated carbocycles. The van der Waals surface area contributed by atoms with Crippen molar-refractivity contribution in [2.75, 3.05) is 18.2 Å². The van der Waals surface area contributed by atoms with Crippen LogP contribution in [0.2, 0.25) is 0 Å². The predicted molar refractivity (Wildman–Crippen MR) is 85.1 cm³/mol. The fraction of sp³-hybridized carbons (Fsp3) is 0.188. The highest BCUT2D eigenvalue weighted by molar-refractivity contribution is 7.90. The topological polar surface area (TPSA) is 72.5 Å². The average molecular weight is 373 g/mol. The first-order chi connectivity index (χ1) is 11.6. The standard InChI is InChI=1S/C16H14F3NO4S/c1-25(22,23)12-8-6-11(7-9-12)20-15(21)10-24-14-5-3-2-4-13(14)16(17,18)19/h2-9H,10H2,1H3,(H,20,21). The summed E-state index contributed by atoms with van der Waals surface area (Å²) in [5.74, 6) is -1.12. The summed E-state index contributed by atoms with van der Waals surface area (Å²) in [6.45, 7) is -0.624. The van der Waals surface area contributed by atoms with Crippen LogP contribution < -0.4 is 10.1 Å². The monoisotopic (exact) mass is 373 g/mol. The molecule has 9 heteroatoms. The van der Waals surface area contributed by atoms with E-state index in [9.17, 15) is 26.4 Å². The fourth-order valence-corrected chi connectivity index (χ4v) is 2.58. The van der Waals surface area contributed by atoms with Crippen LogP contribution in [0.15, 0.2) is 53.4 Å². The minimum absolute atomic E-state index is 0.0841. The van der Waals surface area contributed by atoms with Gasteiger partial charge in [0.1, 0.15) is 5.75 Å². The maximum absolute atomic E-state index is 12.8. The zero-order valence-electron chi connectivity index (χ0n) is 13.0. The zero-order valence-corrected chi connectivity index (χ0v) is 13.8. The summed E-state index contributed by atoms with van der Waals surface area (Å²) in [6.07, 6.45) is -3.54. The zero-order chi connectivity index (χ0) is 18.7. The van der Waals surface area contributed by atoms with Gasteiger partial charge < -0.3 is 10.1 Å². The number of carbonyl (C=O) groups is 1. The van der Waals surface area contributed by atoms with Gasteiger partial charge in [0.15, 0.2) is 16.4 Å². The number of amides is 1. The van der Waals surface area contributed by atoms with Gasteiger partial charge in [0.05, 0.1) is 10.5 Å². The Morgan fingerprint density at radius 1 is 1.08 bits per heavy atom. The van der Waals surface area contributed by atoms with E-state index in [0.717, 1.165) is 18.4 Å². The van der Waals surface area contributed by atoms with E-state index in [2.05, 4.69) is 5.32 Å². The Morgan fingerprint density at radius 3 is 2.24 bits per heavy atom. The number of anilines is 1. The van der Waals surface area contributed by atoms with Crippen LogP contribution in [0, 0.1) is 0 Å². The summed E-state index contributed by atoms with van der Waals surface area (Å²) in [5, 5.41) is 2.41. The number of hydrogen-bond acceptors (Lipinski definition) is 4. The molecule has 5 nitrogen and oxygen atoms in total. The van der Waals surface area contributed by atoms with Gasteiger partial charge in [0.25, 0.3) is 5.91 Å². The van der Waals surface area contributed by atoms with Gasteiger partial charge in [-0.25, -0.2) is 8.42 Å². The van der Waals surface area contributed by atoms with E-state index in [1.165, 1.54) is 36.4 Å². The molecule has 0 aromatic heterocycles. The maximum atomic E-state index is 12.8. The fourth-order valence-electron chi connectivity index (χ4n) is 1.95. The lowest BCUT2D eigenvalue weighted by molar-refractivity contribution is -0.139. The first kappa shape index (κ1) is 18.8. The van der Waals surface area contributed by atoms with Crippen LogP contribution in [0.25, 0.3) is 0 Å². The van der Waals surface area contributed by atoms with Crippen molar-refractivity contribution < 1.29 is 31.1 Å². The number of alkyl halides is 3. The minimum atomic E-state index is -4.59. The SMILES string of the molecule is CS(=O)(=O)c1ccc(NC(=O)COc2ccccc2C(F)(F)F)cc1. The number of halogens is 3. The number of hydrogen-bond donors (Lipinski definition) is 1. The minimum Gasteiger partial charge on any atom is -0.483 e. The third-order valence-corrected chi connectivity index (χ3v) is 4.25. The Hall–Kier alpha value is -2.55. The molecule has 0 saturated heterocycles. The molecule has 2 rings (SSSR count). The van der Waals surface area contributed by atoms with Gasteiger partial charge in [-0.1, -0.05) is 12.1 Å². The highest BCUT2D eigenvalue weighted by Gasteiger charge is 2.34. The second-order valence-electron chi connectivity index (χ2n) is 5.13. The van der Waals surface area contributed by atoms with E-state index < -0.39 is 39.8 Å². The molecule has 0 unspecified atom stereocenters. The lowest BCUT2D eigenvalue weighted by Crippen LogP contribution is -2.21. The largest absolute Gasteiger partial charge is 0.483 e. The van der Waals surface area contributed by atoms with Crippen molar-refractivity contribution >= 4 is 21.4 Å². The van der Waals surface area contributed by atoms with Crippen molar-refractivity contribution in [2.24, 2.45) is 0 Å². The van der Waals surface area contributed by atoms with Crippen LogP contribution in [0.5, 0.6) is 5.75 Å².